The SMILES string of the molecule is O=C(C(c1ccccc1)c1ccccc1)N1CC(=O)N(C2CC2)C1. The van der Waals surface area contributed by atoms with E-state index >= 15 is 0 Å². The van der Waals surface area contributed by atoms with Crippen LogP contribution in [-0.2, 0) is 9.59 Å². The quantitative estimate of drug-likeness (QED) is 0.869. The molecule has 0 spiro atoms. The van der Waals surface area contributed by atoms with E-state index < -0.39 is 0 Å². The number of hydrogen-bond donors (Lipinski definition) is 0. The number of carbonyl (C=O) groups is 2. The van der Waals surface area contributed by atoms with Crippen LogP contribution in [0.2, 0.25) is 0 Å². The molecular formula is C20H20N2O2. The lowest BCUT2D eigenvalue weighted by molar-refractivity contribution is -0.132. The van der Waals surface area contributed by atoms with Crippen LogP contribution >= 0.6 is 0 Å². The topological polar surface area (TPSA) is 40.6 Å². The lowest BCUT2D eigenvalue weighted by atomic mass is 9.90. The summed E-state index contributed by atoms with van der Waals surface area (Å²) < 4.78 is 0. The molecule has 24 heavy (non-hydrogen) atoms. The number of benzene rings is 2. The summed E-state index contributed by atoms with van der Waals surface area (Å²) in [6, 6.07) is 20.0. The minimum absolute atomic E-state index is 0.00361. The zero-order chi connectivity index (χ0) is 16.5. The molecule has 0 radical (unpaired) electrons. The van der Waals surface area contributed by atoms with Gasteiger partial charge in [0.05, 0.1) is 12.6 Å². The van der Waals surface area contributed by atoms with Crippen molar-refractivity contribution >= 4 is 11.8 Å². The molecule has 4 rings (SSSR count). The zero-order valence-corrected chi connectivity index (χ0v) is 13.5. The Labute approximate surface area is 141 Å². The summed E-state index contributed by atoms with van der Waals surface area (Å²) in [7, 11) is 0. The van der Waals surface area contributed by atoms with Crippen molar-refractivity contribution in [2.45, 2.75) is 24.8 Å². The molecule has 1 saturated carbocycles. The smallest absolute Gasteiger partial charge is 0.243 e. The summed E-state index contributed by atoms with van der Waals surface area (Å²) in [6.45, 7) is 0.629. The third-order valence-electron chi connectivity index (χ3n) is 4.78. The summed E-state index contributed by atoms with van der Waals surface area (Å²) >= 11 is 0. The molecule has 0 unspecified atom stereocenters. The number of hydrogen-bond acceptors (Lipinski definition) is 2. The van der Waals surface area contributed by atoms with Crippen LogP contribution in [0.4, 0.5) is 0 Å². The van der Waals surface area contributed by atoms with Gasteiger partial charge in [-0.1, -0.05) is 60.7 Å². The van der Waals surface area contributed by atoms with Crippen LogP contribution in [0, 0.1) is 0 Å². The fourth-order valence-corrected chi connectivity index (χ4v) is 3.37. The van der Waals surface area contributed by atoms with E-state index in [4.69, 9.17) is 0 Å². The Bertz CT molecular complexity index is 701. The summed E-state index contributed by atoms with van der Waals surface area (Å²) in [4.78, 5) is 29.0. The molecule has 0 N–H and O–H groups in total. The van der Waals surface area contributed by atoms with E-state index in [-0.39, 0.29) is 24.3 Å². The Morgan fingerprint density at radius 3 is 1.96 bits per heavy atom. The first-order valence-corrected chi connectivity index (χ1v) is 8.42. The first kappa shape index (κ1) is 14.9. The lowest BCUT2D eigenvalue weighted by Crippen LogP contribution is -2.35. The Kier molecular flexibility index (Phi) is 3.81. The van der Waals surface area contributed by atoms with Crippen molar-refractivity contribution in [3.8, 4) is 0 Å². The maximum absolute atomic E-state index is 13.2. The molecule has 2 aromatic rings. The Morgan fingerprint density at radius 1 is 0.917 bits per heavy atom. The molecular weight excluding hydrogens is 300 g/mol. The predicted molar refractivity (Wildman–Crippen MR) is 91.2 cm³/mol. The molecule has 2 fully saturated rings. The maximum Gasteiger partial charge on any atom is 0.243 e. The third-order valence-corrected chi connectivity index (χ3v) is 4.78. The van der Waals surface area contributed by atoms with Crippen LogP contribution in [0.1, 0.15) is 29.9 Å². The van der Waals surface area contributed by atoms with Crippen LogP contribution in [0.25, 0.3) is 0 Å². The first-order valence-electron chi connectivity index (χ1n) is 8.42. The standard InChI is InChI=1S/C20H20N2O2/c23-18-13-21(14-22(18)17-11-12-17)20(24)19(15-7-3-1-4-8-15)16-9-5-2-6-10-16/h1-10,17,19H,11-14H2. The first-order chi connectivity index (χ1) is 11.7. The molecule has 4 nitrogen and oxygen atoms in total. The van der Waals surface area contributed by atoms with Crippen LogP contribution in [0.5, 0.6) is 0 Å². The van der Waals surface area contributed by atoms with Gasteiger partial charge in [0.15, 0.2) is 0 Å². The Balaban J connectivity index is 1.64. The summed E-state index contributed by atoms with van der Waals surface area (Å²) in [5.74, 6) is -0.283. The Hall–Kier alpha value is -2.62. The second-order valence-electron chi connectivity index (χ2n) is 6.53. The van der Waals surface area contributed by atoms with Crippen molar-refractivity contribution < 1.29 is 9.59 Å². The van der Waals surface area contributed by atoms with Gasteiger partial charge in [0.2, 0.25) is 11.8 Å². The van der Waals surface area contributed by atoms with Crippen molar-refractivity contribution in [1.29, 1.82) is 0 Å². The average molecular weight is 320 g/mol. The predicted octanol–water partition coefficient (Wildman–Crippen LogP) is 2.61. The second-order valence-corrected chi connectivity index (χ2v) is 6.53. The van der Waals surface area contributed by atoms with Crippen molar-refractivity contribution in [3.63, 3.8) is 0 Å². The zero-order valence-electron chi connectivity index (χ0n) is 13.5. The molecule has 1 aliphatic heterocycles. The highest BCUT2D eigenvalue weighted by molar-refractivity contribution is 5.93. The second kappa shape index (κ2) is 6.11. The van der Waals surface area contributed by atoms with Crippen molar-refractivity contribution in [2.75, 3.05) is 13.2 Å². The summed E-state index contributed by atoms with van der Waals surface area (Å²) in [5.41, 5.74) is 1.93. The van der Waals surface area contributed by atoms with Crippen LogP contribution in [0.3, 0.4) is 0 Å². The van der Waals surface area contributed by atoms with Gasteiger partial charge in [-0.2, -0.15) is 0 Å². The molecule has 2 amide bonds. The van der Waals surface area contributed by atoms with Gasteiger partial charge in [-0.3, -0.25) is 9.59 Å². The van der Waals surface area contributed by atoms with Gasteiger partial charge in [-0.15, -0.1) is 0 Å². The summed E-state index contributed by atoms with van der Waals surface area (Å²) in [5, 5.41) is 0. The van der Waals surface area contributed by atoms with E-state index in [1.165, 1.54) is 0 Å². The van der Waals surface area contributed by atoms with Crippen LogP contribution in [-0.4, -0.2) is 40.9 Å². The van der Waals surface area contributed by atoms with Crippen molar-refractivity contribution in [2.24, 2.45) is 0 Å². The van der Waals surface area contributed by atoms with E-state index in [1.807, 2.05) is 65.6 Å². The Morgan fingerprint density at radius 2 is 1.46 bits per heavy atom. The van der Waals surface area contributed by atoms with E-state index in [0.29, 0.717) is 12.7 Å². The molecule has 2 aliphatic rings. The normalized spacial score (nSPS) is 17.6. The van der Waals surface area contributed by atoms with E-state index in [2.05, 4.69) is 0 Å². The largest absolute Gasteiger partial charge is 0.320 e. The summed E-state index contributed by atoms with van der Waals surface area (Å²) in [6.07, 6.45) is 2.13. The minimum atomic E-state index is -0.362. The van der Waals surface area contributed by atoms with Crippen molar-refractivity contribution in [3.05, 3.63) is 71.8 Å². The maximum atomic E-state index is 13.2. The van der Waals surface area contributed by atoms with Crippen molar-refractivity contribution in [1.82, 2.24) is 9.80 Å². The van der Waals surface area contributed by atoms with Gasteiger partial charge in [0.25, 0.3) is 0 Å². The van der Waals surface area contributed by atoms with E-state index in [0.717, 1.165) is 24.0 Å². The number of rotatable bonds is 4. The highest BCUT2D eigenvalue weighted by Gasteiger charge is 2.41. The number of nitrogens with zero attached hydrogens (tertiary/aromatic N) is 2. The molecule has 0 aromatic heterocycles. The van der Waals surface area contributed by atoms with E-state index in [1.54, 1.807) is 4.90 Å². The molecule has 0 atom stereocenters. The molecule has 2 aromatic carbocycles. The highest BCUT2D eigenvalue weighted by Crippen LogP contribution is 2.32. The average Bonchev–Trinajstić information content (AvgIpc) is 3.39. The van der Waals surface area contributed by atoms with Gasteiger partial charge < -0.3 is 9.80 Å². The van der Waals surface area contributed by atoms with Gasteiger partial charge >= 0.3 is 0 Å². The van der Waals surface area contributed by atoms with Gasteiger partial charge in [-0.25, -0.2) is 0 Å². The van der Waals surface area contributed by atoms with Gasteiger partial charge in [0, 0.05) is 6.04 Å². The van der Waals surface area contributed by atoms with Crippen LogP contribution < -0.4 is 0 Å². The molecule has 0 bridgehead atoms. The molecule has 1 heterocycles. The molecule has 1 aliphatic carbocycles. The van der Waals surface area contributed by atoms with Crippen LogP contribution in [0.15, 0.2) is 60.7 Å². The molecule has 4 heteroatoms. The lowest BCUT2D eigenvalue weighted by Gasteiger charge is -2.24. The van der Waals surface area contributed by atoms with Gasteiger partial charge in [0.1, 0.15) is 6.54 Å². The van der Waals surface area contributed by atoms with E-state index in [9.17, 15) is 9.59 Å². The fraction of sp³-hybridized carbons (Fsp3) is 0.300. The third kappa shape index (κ3) is 2.80. The molecule has 122 valence electrons. The fourth-order valence-electron chi connectivity index (χ4n) is 3.37. The minimum Gasteiger partial charge on any atom is -0.320 e. The number of amides is 2. The highest BCUT2D eigenvalue weighted by atomic mass is 16.2. The number of carbonyl (C=O) groups excluding carboxylic acids is 2. The van der Waals surface area contributed by atoms with Gasteiger partial charge in [-0.05, 0) is 24.0 Å². The monoisotopic (exact) mass is 320 g/mol. The molecule has 1 saturated heterocycles.